The average molecular weight is 391 g/mol. The van der Waals surface area contributed by atoms with Crippen LogP contribution in [0.3, 0.4) is 0 Å². The van der Waals surface area contributed by atoms with E-state index in [9.17, 15) is 12.8 Å². The third-order valence-corrected chi connectivity index (χ3v) is 6.43. The van der Waals surface area contributed by atoms with Crippen molar-refractivity contribution in [1.82, 2.24) is 4.72 Å². The molecule has 1 aromatic rings. The Labute approximate surface area is 129 Å². The maximum Gasteiger partial charge on any atom is 0.242 e. The smallest absolute Gasteiger partial charge is 0.207 e. The van der Waals surface area contributed by atoms with Crippen molar-refractivity contribution < 1.29 is 12.8 Å². The summed E-state index contributed by atoms with van der Waals surface area (Å²) in [5.74, 6) is -0.923. The molecule has 0 spiro atoms. The Balaban J connectivity index is 2.32. The maximum absolute atomic E-state index is 13.5. The van der Waals surface area contributed by atoms with Gasteiger partial charge in [-0.1, -0.05) is 45.6 Å². The van der Waals surface area contributed by atoms with Crippen molar-refractivity contribution in [3.8, 4) is 0 Å². The van der Waals surface area contributed by atoms with Crippen LogP contribution in [0.25, 0.3) is 0 Å². The molecule has 1 N–H and O–H groups in total. The number of hydrogen-bond donors (Lipinski definition) is 1. The molecule has 2 atom stereocenters. The van der Waals surface area contributed by atoms with Crippen LogP contribution in [0.2, 0.25) is 10.0 Å². The molecule has 2 rings (SSSR count). The van der Waals surface area contributed by atoms with Crippen molar-refractivity contribution in [2.75, 3.05) is 0 Å². The number of alkyl halides is 1. The van der Waals surface area contributed by atoms with Crippen molar-refractivity contribution in [3.05, 3.63) is 28.0 Å². The number of benzene rings is 1. The highest BCUT2D eigenvalue weighted by Gasteiger charge is 2.31. The number of sulfonamides is 1. The largest absolute Gasteiger partial charge is 0.242 e. The van der Waals surface area contributed by atoms with Gasteiger partial charge >= 0.3 is 0 Å². The minimum atomic E-state index is -3.86. The average Bonchev–Trinajstić information content (AvgIpc) is 2.71. The molecular weight excluding hydrogens is 380 g/mol. The standard InChI is InChI=1S/C11H11BrCl2FNO2S/c12-6-2-1-3-8(6)16-19(17,18)9-5-4-7(13)11(15)10(9)14/h4-6,8,16H,1-3H2. The van der Waals surface area contributed by atoms with Gasteiger partial charge in [0.05, 0.1) is 10.0 Å². The van der Waals surface area contributed by atoms with Crippen LogP contribution in [0.1, 0.15) is 19.3 Å². The van der Waals surface area contributed by atoms with Crippen molar-refractivity contribution in [1.29, 1.82) is 0 Å². The second kappa shape index (κ2) is 5.85. The molecule has 0 radical (unpaired) electrons. The Hall–Kier alpha value is 0.120. The fraction of sp³-hybridized carbons (Fsp3) is 0.455. The normalized spacial score (nSPS) is 23.8. The zero-order valence-electron chi connectivity index (χ0n) is 9.67. The number of hydrogen-bond acceptors (Lipinski definition) is 2. The zero-order valence-corrected chi connectivity index (χ0v) is 13.6. The summed E-state index contributed by atoms with van der Waals surface area (Å²) >= 11 is 14.7. The van der Waals surface area contributed by atoms with E-state index in [2.05, 4.69) is 20.7 Å². The monoisotopic (exact) mass is 389 g/mol. The molecule has 1 fully saturated rings. The van der Waals surface area contributed by atoms with Gasteiger partial charge in [-0.25, -0.2) is 17.5 Å². The SMILES string of the molecule is O=S(=O)(NC1CCCC1Br)c1ccc(Cl)c(F)c1Cl. The summed E-state index contributed by atoms with van der Waals surface area (Å²) < 4.78 is 40.5. The van der Waals surface area contributed by atoms with Crippen molar-refractivity contribution >= 4 is 49.2 Å². The molecule has 0 amide bonds. The Morgan fingerprint density at radius 1 is 1.32 bits per heavy atom. The lowest BCUT2D eigenvalue weighted by molar-refractivity contribution is 0.554. The molecule has 0 bridgehead atoms. The van der Waals surface area contributed by atoms with E-state index in [-0.39, 0.29) is 20.8 Å². The summed E-state index contributed by atoms with van der Waals surface area (Å²) in [7, 11) is -3.86. The van der Waals surface area contributed by atoms with Crippen LogP contribution >= 0.6 is 39.1 Å². The van der Waals surface area contributed by atoms with Gasteiger partial charge in [0.25, 0.3) is 0 Å². The molecule has 0 saturated heterocycles. The molecule has 0 aromatic heterocycles. The van der Waals surface area contributed by atoms with Gasteiger partial charge in [-0.3, -0.25) is 0 Å². The highest BCUT2D eigenvalue weighted by molar-refractivity contribution is 9.09. The summed E-state index contributed by atoms with van der Waals surface area (Å²) in [6, 6.07) is 2.17. The Bertz CT molecular complexity index is 597. The Morgan fingerprint density at radius 2 is 2.00 bits per heavy atom. The van der Waals surface area contributed by atoms with E-state index in [1.165, 1.54) is 12.1 Å². The van der Waals surface area contributed by atoms with Crippen molar-refractivity contribution in [2.45, 2.75) is 35.0 Å². The molecule has 19 heavy (non-hydrogen) atoms. The van der Waals surface area contributed by atoms with E-state index in [1.54, 1.807) is 0 Å². The highest BCUT2D eigenvalue weighted by Crippen LogP contribution is 2.31. The molecule has 1 aliphatic carbocycles. The summed E-state index contributed by atoms with van der Waals surface area (Å²) in [6.45, 7) is 0. The van der Waals surface area contributed by atoms with E-state index >= 15 is 0 Å². The predicted molar refractivity (Wildman–Crippen MR) is 77.1 cm³/mol. The first-order chi connectivity index (χ1) is 8.83. The van der Waals surface area contributed by atoms with Gasteiger partial charge in [-0.05, 0) is 25.0 Å². The quantitative estimate of drug-likeness (QED) is 0.631. The molecule has 1 aliphatic rings. The third kappa shape index (κ3) is 3.24. The van der Waals surface area contributed by atoms with Gasteiger partial charge in [-0.2, -0.15) is 0 Å². The molecule has 106 valence electrons. The van der Waals surface area contributed by atoms with Gasteiger partial charge in [0.15, 0.2) is 5.82 Å². The maximum atomic E-state index is 13.5. The number of halogens is 4. The topological polar surface area (TPSA) is 46.2 Å². The molecule has 1 aromatic carbocycles. The van der Waals surface area contributed by atoms with Crippen LogP contribution in [0.4, 0.5) is 4.39 Å². The van der Waals surface area contributed by atoms with E-state index in [4.69, 9.17) is 23.2 Å². The second-order valence-corrected chi connectivity index (χ2v) is 7.99. The molecule has 0 heterocycles. The summed E-state index contributed by atoms with van der Waals surface area (Å²) in [5, 5.41) is -0.688. The number of nitrogens with one attached hydrogen (secondary N) is 1. The van der Waals surface area contributed by atoms with Gasteiger partial charge in [0.2, 0.25) is 10.0 Å². The van der Waals surface area contributed by atoms with Crippen LogP contribution < -0.4 is 4.72 Å². The van der Waals surface area contributed by atoms with Gasteiger partial charge in [0.1, 0.15) is 4.90 Å². The van der Waals surface area contributed by atoms with E-state index < -0.39 is 20.9 Å². The van der Waals surface area contributed by atoms with E-state index in [0.29, 0.717) is 0 Å². The van der Waals surface area contributed by atoms with Gasteiger partial charge in [-0.15, -0.1) is 0 Å². The van der Waals surface area contributed by atoms with Crippen LogP contribution in [-0.2, 0) is 10.0 Å². The minimum Gasteiger partial charge on any atom is -0.207 e. The highest BCUT2D eigenvalue weighted by atomic mass is 79.9. The van der Waals surface area contributed by atoms with E-state index in [1.807, 2.05) is 0 Å². The predicted octanol–water partition coefficient (Wildman–Crippen LogP) is 3.73. The fourth-order valence-electron chi connectivity index (χ4n) is 2.03. The molecule has 8 heteroatoms. The first kappa shape index (κ1) is 15.5. The lowest BCUT2D eigenvalue weighted by atomic mass is 10.3. The Morgan fingerprint density at radius 3 is 2.58 bits per heavy atom. The number of rotatable bonds is 3. The fourth-order valence-corrected chi connectivity index (χ4v) is 4.98. The molecule has 3 nitrogen and oxygen atoms in total. The van der Waals surface area contributed by atoms with Crippen LogP contribution in [0.15, 0.2) is 17.0 Å². The molecule has 1 saturated carbocycles. The van der Waals surface area contributed by atoms with Gasteiger partial charge in [0, 0.05) is 10.9 Å². The van der Waals surface area contributed by atoms with Crippen LogP contribution in [0, 0.1) is 5.82 Å². The molecular formula is C11H11BrCl2FNO2S. The Kier molecular flexibility index (Phi) is 4.78. The summed E-state index contributed by atoms with van der Waals surface area (Å²) in [5.41, 5.74) is 0. The molecule has 0 aliphatic heterocycles. The molecule has 2 unspecified atom stereocenters. The lowest BCUT2D eigenvalue weighted by Crippen LogP contribution is -2.37. The second-order valence-electron chi connectivity index (χ2n) is 4.35. The first-order valence-electron chi connectivity index (χ1n) is 5.63. The summed E-state index contributed by atoms with van der Waals surface area (Å²) in [6.07, 6.45) is 2.57. The summed E-state index contributed by atoms with van der Waals surface area (Å²) in [4.78, 5) is -0.208. The van der Waals surface area contributed by atoms with Crippen molar-refractivity contribution in [3.63, 3.8) is 0 Å². The van der Waals surface area contributed by atoms with E-state index in [0.717, 1.165) is 19.3 Å². The lowest BCUT2D eigenvalue weighted by Gasteiger charge is -2.17. The first-order valence-corrected chi connectivity index (χ1v) is 8.78. The van der Waals surface area contributed by atoms with Gasteiger partial charge < -0.3 is 0 Å². The van der Waals surface area contributed by atoms with Crippen LogP contribution in [-0.4, -0.2) is 19.3 Å². The van der Waals surface area contributed by atoms with Crippen molar-refractivity contribution in [2.24, 2.45) is 0 Å². The third-order valence-electron chi connectivity index (χ3n) is 3.03. The zero-order chi connectivity index (χ0) is 14.2. The minimum absolute atomic E-state index is 0.0817. The van der Waals surface area contributed by atoms with Crippen LogP contribution in [0.5, 0.6) is 0 Å².